The Morgan fingerprint density at radius 2 is 1.79 bits per heavy atom. The van der Waals surface area contributed by atoms with Crippen LogP contribution >= 0.6 is 0 Å². The molecule has 0 N–H and O–H groups in total. The van der Waals surface area contributed by atoms with Crippen molar-refractivity contribution in [2.75, 3.05) is 33.4 Å². The molecule has 7 nitrogen and oxygen atoms in total. The second-order valence-electron chi connectivity index (χ2n) is 6.02. The molecule has 0 aromatic heterocycles. The summed E-state index contributed by atoms with van der Waals surface area (Å²) in [5, 5.41) is 0. The van der Waals surface area contributed by atoms with E-state index in [0.29, 0.717) is 32.1 Å². The van der Waals surface area contributed by atoms with Crippen LogP contribution in [0.4, 0.5) is 0 Å². The number of ether oxygens (including phenoxy) is 3. The van der Waals surface area contributed by atoms with Crippen LogP contribution in [-0.2, 0) is 19.6 Å². The van der Waals surface area contributed by atoms with Gasteiger partial charge in [-0.1, -0.05) is 12.1 Å². The number of morpholine rings is 1. The van der Waals surface area contributed by atoms with Crippen LogP contribution in [0.15, 0.2) is 59.5 Å². The molecule has 1 saturated heterocycles. The number of esters is 1. The zero-order chi connectivity index (χ0) is 20.0. The summed E-state index contributed by atoms with van der Waals surface area (Å²) < 4.78 is 42.1. The second kappa shape index (κ2) is 9.01. The molecule has 0 saturated carbocycles. The second-order valence-corrected chi connectivity index (χ2v) is 7.96. The van der Waals surface area contributed by atoms with E-state index in [-0.39, 0.29) is 10.6 Å². The van der Waals surface area contributed by atoms with Crippen LogP contribution in [0.25, 0.3) is 6.08 Å². The lowest BCUT2D eigenvalue weighted by Crippen LogP contribution is -2.40. The molecule has 0 radical (unpaired) electrons. The van der Waals surface area contributed by atoms with Gasteiger partial charge in [0.25, 0.3) is 0 Å². The van der Waals surface area contributed by atoms with Gasteiger partial charge in [-0.3, -0.25) is 0 Å². The van der Waals surface area contributed by atoms with Gasteiger partial charge >= 0.3 is 5.97 Å². The van der Waals surface area contributed by atoms with Gasteiger partial charge in [0, 0.05) is 19.2 Å². The van der Waals surface area contributed by atoms with E-state index in [1.54, 1.807) is 19.3 Å². The van der Waals surface area contributed by atoms with Gasteiger partial charge in [0.05, 0.1) is 25.2 Å². The highest BCUT2D eigenvalue weighted by Gasteiger charge is 2.26. The van der Waals surface area contributed by atoms with Crippen molar-refractivity contribution >= 4 is 22.1 Å². The SMILES string of the molecule is COc1cccc(/C=C/C(=O)Oc2ccc(S(=O)(=O)N3CCOCC3)cc2)c1. The summed E-state index contributed by atoms with van der Waals surface area (Å²) in [7, 11) is -2.00. The minimum absolute atomic E-state index is 0.154. The molecule has 1 aliphatic rings. The van der Waals surface area contributed by atoms with E-state index in [1.807, 2.05) is 18.2 Å². The quantitative estimate of drug-likeness (QED) is 0.418. The van der Waals surface area contributed by atoms with Crippen molar-refractivity contribution in [3.05, 3.63) is 60.2 Å². The Bertz CT molecular complexity index is 947. The third kappa shape index (κ3) is 4.98. The Hall–Kier alpha value is -2.68. The fourth-order valence-electron chi connectivity index (χ4n) is 2.68. The van der Waals surface area contributed by atoms with Gasteiger partial charge < -0.3 is 14.2 Å². The molecular formula is C20H21NO6S. The van der Waals surface area contributed by atoms with Gasteiger partial charge in [-0.05, 0) is 48.0 Å². The maximum absolute atomic E-state index is 12.6. The van der Waals surface area contributed by atoms with Gasteiger partial charge in [-0.25, -0.2) is 13.2 Å². The third-order valence-electron chi connectivity index (χ3n) is 4.16. The number of carbonyl (C=O) groups is 1. The Morgan fingerprint density at radius 3 is 2.46 bits per heavy atom. The molecule has 0 atom stereocenters. The van der Waals surface area contributed by atoms with Crippen LogP contribution < -0.4 is 9.47 Å². The lowest BCUT2D eigenvalue weighted by Gasteiger charge is -2.26. The van der Waals surface area contributed by atoms with E-state index >= 15 is 0 Å². The van der Waals surface area contributed by atoms with E-state index in [9.17, 15) is 13.2 Å². The zero-order valence-electron chi connectivity index (χ0n) is 15.4. The standard InChI is InChI=1S/C20H21NO6S/c1-25-18-4-2-3-16(15-18)5-10-20(22)27-17-6-8-19(9-7-17)28(23,24)21-11-13-26-14-12-21/h2-10,15H,11-14H2,1H3/b10-5+. The third-order valence-corrected chi connectivity index (χ3v) is 6.07. The maximum atomic E-state index is 12.6. The Labute approximate surface area is 164 Å². The molecule has 1 heterocycles. The number of sulfonamides is 1. The van der Waals surface area contributed by atoms with Crippen LogP contribution in [0.1, 0.15) is 5.56 Å². The van der Waals surface area contributed by atoms with E-state index in [2.05, 4.69) is 0 Å². The van der Waals surface area contributed by atoms with E-state index in [1.165, 1.54) is 34.6 Å². The number of nitrogens with zero attached hydrogens (tertiary/aromatic N) is 1. The minimum Gasteiger partial charge on any atom is -0.497 e. The first-order chi connectivity index (χ1) is 13.5. The molecule has 28 heavy (non-hydrogen) atoms. The summed E-state index contributed by atoms with van der Waals surface area (Å²) in [6.45, 7) is 1.42. The van der Waals surface area contributed by atoms with Crippen molar-refractivity contribution in [2.45, 2.75) is 4.90 Å². The normalized spacial score (nSPS) is 15.5. The molecule has 0 aliphatic carbocycles. The van der Waals surface area contributed by atoms with Gasteiger partial charge in [0.1, 0.15) is 11.5 Å². The van der Waals surface area contributed by atoms with Gasteiger partial charge in [0.2, 0.25) is 10.0 Å². The van der Waals surface area contributed by atoms with Gasteiger partial charge in [-0.2, -0.15) is 4.31 Å². The monoisotopic (exact) mass is 403 g/mol. The Morgan fingerprint density at radius 1 is 1.07 bits per heavy atom. The predicted octanol–water partition coefficient (Wildman–Crippen LogP) is 2.33. The van der Waals surface area contributed by atoms with Crippen LogP contribution in [-0.4, -0.2) is 52.1 Å². The number of rotatable bonds is 6. The van der Waals surface area contributed by atoms with Gasteiger partial charge in [0.15, 0.2) is 0 Å². The molecule has 2 aromatic rings. The summed E-state index contributed by atoms with van der Waals surface area (Å²) in [5.74, 6) is 0.389. The highest BCUT2D eigenvalue weighted by Crippen LogP contribution is 2.21. The molecule has 8 heteroatoms. The van der Waals surface area contributed by atoms with E-state index in [4.69, 9.17) is 14.2 Å². The lowest BCUT2D eigenvalue weighted by molar-refractivity contribution is -0.128. The number of hydrogen-bond donors (Lipinski definition) is 0. The largest absolute Gasteiger partial charge is 0.497 e. The maximum Gasteiger partial charge on any atom is 0.336 e. The Balaban J connectivity index is 1.63. The Kier molecular flexibility index (Phi) is 6.45. The van der Waals surface area contributed by atoms with Crippen LogP contribution in [0.3, 0.4) is 0 Å². The summed E-state index contributed by atoms with van der Waals surface area (Å²) in [5.41, 5.74) is 0.795. The molecule has 1 fully saturated rings. The zero-order valence-corrected chi connectivity index (χ0v) is 16.2. The molecule has 2 aromatic carbocycles. The fourth-order valence-corrected chi connectivity index (χ4v) is 4.08. The van der Waals surface area contributed by atoms with Crippen LogP contribution in [0, 0.1) is 0 Å². The molecule has 0 bridgehead atoms. The molecular weight excluding hydrogens is 382 g/mol. The molecule has 0 spiro atoms. The van der Waals surface area contributed by atoms with Crippen molar-refractivity contribution in [1.82, 2.24) is 4.31 Å². The smallest absolute Gasteiger partial charge is 0.336 e. The minimum atomic E-state index is -3.57. The summed E-state index contributed by atoms with van der Waals surface area (Å²) >= 11 is 0. The summed E-state index contributed by atoms with van der Waals surface area (Å²) in [6, 6.07) is 13.0. The van der Waals surface area contributed by atoms with Crippen LogP contribution in [0.5, 0.6) is 11.5 Å². The number of carbonyl (C=O) groups excluding carboxylic acids is 1. The lowest BCUT2D eigenvalue weighted by atomic mass is 10.2. The van der Waals surface area contributed by atoms with Crippen molar-refractivity contribution in [3.63, 3.8) is 0 Å². The van der Waals surface area contributed by atoms with Crippen LogP contribution in [0.2, 0.25) is 0 Å². The molecule has 0 unspecified atom stereocenters. The first-order valence-electron chi connectivity index (χ1n) is 8.71. The molecule has 1 aliphatic heterocycles. The molecule has 0 amide bonds. The predicted molar refractivity (Wildman–Crippen MR) is 104 cm³/mol. The number of benzene rings is 2. The number of methoxy groups -OCH3 is 1. The molecule has 3 rings (SSSR count). The van der Waals surface area contributed by atoms with E-state index < -0.39 is 16.0 Å². The average Bonchev–Trinajstić information content (AvgIpc) is 2.73. The topological polar surface area (TPSA) is 82.1 Å². The van der Waals surface area contributed by atoms with E-state index in [0.717, 1.165) is 5.56 Å². The summed E-state index contributed by atoms with van der Waals surface area (Å²) in [6.07, 6.45) is 2.91. The average molecular weight is 403 g/mol. The first kappa shape index (κ1) is 20.1. The highest BCUT2D eigenvalue weighted by molar-refractivity contribution is 7.89. The number of hydrogen-bond acceptors (Lipinski definition) is 6. The van der Waals surface area contributed by atoms with Crippen molar-refractivity contribution < 1.29 is 27.4 Å². The highest BCUT2D eigenvalue weighted by atomic mass is 32.2. The van der Waals surface area contributed by atoms with Crippen molar-refractivity contribution in [2.24, 2.45) is 0 Å². The first-order valence-corrected chi connectivity index (χ1v) is 10.1. The van der Waals surface area contributed by atoms with Crippen molar-refractivity contribution in [3.8, 4) is 11.5 Å². The fraction of sp³-hybridized carbons (Fsp3) is 0.250. The molecule has 148 valence electrons. The summed E-state index contributed by atoms with van der Waals surface area (Å²) in [4.78, 5) is 12.1. The van der Waals surface area contributed by atoms with Gasteiger partial charge in [-0.15, -0.1) is 0 Å². The van der Waals surface area contributed by atoms with Crippen molar-refractivity contribution in [1.29, 1.82) is 0 Å².